The van der Waals surface area contributed by atoms with Crippen molar-refractivity contribution >= 4 is 0 Å². The Morgan fingerprint density at radius 2 is 1.20 bits per heavy atom. The van der Waals surface area contributed by atoms with Crippen molar-refractivity contribution in [2.45, 2.75) is 19.3 Å². The highest BCUT2D eigenvalue weighted by Crippen LogP contribution is 2.38. The van der Waals surface area contributed by atoms with Crippen LogP contribution >= 0.6 is 0 Å². The minimum Gasteiger partial charge on any atom is -0.0613 e. The highest BCUT2D eigenvalue weighted by Gasteiger charge is 2.25. The van der Waals surface area contributed by atoms with Crippen molar-refractivity contribution in [3.8, 4) is 11.1 Å². The summed E-state index contributed by atoms with van der Waals surface area (Å²) >= 11 is 0. The molecular weight excluding hydrogens is 180 g/mol. The van der Waals surface area contributed by atoms with E-state index in [2.05, 4.69) is 62.4 Å². The summed E-state index contributed by atoms with van der Waals surface area (Å²) in [6, 6.07) is 17.7. The molecule has 15 heavy (non-hydrogen) atoms. The topological polar surface area (TPSA) is 0 Å². The fraction of sp³-hybridized carbons (Fsp3) is 0.200. The van der Waals surface area contributed by atoms with E-state index in [1.165, 1.54) is 22.3 Å². The lowest BCUT2D eigenvalue weighted by atomic mass is 9.79. The number of fused-ring (bicyclic) bond motifs is 5. The van der Waals surface area contributed by atoms with Crippen molar-refractivity contribution in [3.63, 3.8) is 0 Å². The van der Waals surface area contributed by atoms with Crippen molar-refractivity contribution < 1.29 is 0 Å². The van der Waals surface area contributed by atoms with Gasteiger partial charge < -0.3 is 0 Å². The van der Waals surface area contributed by atoms with Crippen molar-refractivity contribution in [2.75, 3.05) is 0 Å². The van der Waals surface area contributed by atoms with Gasteiger partial charge in [-0.15, -0.1) is 0 Å². The third kappa shape index (κ3) is 1.14. The molecule has 4 bridgehead atoms. The van der Waals surface area contributed by atoms with Crippen LogP contribution in [0.15, 0.2) is 48.5 Å². The first-order valence-electron chi connectivity index (χ1n) is 5.39. The van der Waals surface area contributed by atoms with Crippen molar-refractivity contribution in [1.82, 2.24) is 0 Å². The van der Waals surface area contributed by atoms with E-state index in [1.807, 2.05) is 0 Å². The minimum absolute atomic E-state index is 0.127. The van der Waals surface area contributed by atoms with Gasteiger partial charge in [0.1, 0.15) is 0 Å². The molecule has 0 spiro atoms. The van der Waals surface area contributed by atoms with E-state index >= 15 is 0 Å². The second-order valence-electron chi connectivity index (χ2n) is 4.79. The van der Waals surface area contributed by atoms with Gasteiger partial charge in [0.15, 0.2) is 0 Å². The Morgan fingerprint density at radius 3 is 1.67 bits per heavy atom. The first-order valence-corrected chi connectivity index (χ1v) is 5.39. The van der Waals surface area contributed by atoms with Gasteiger partial charge >= 0.3 is 0 Å². The molecule has 2 aromatic carbocycles. The molecule has 0 atom stereocenters. The van der Waals surface area contributed by atoms with Gasteiger partial charge in [-0.1, -0.05) is 62.4 Å². The molecule has 0 aliphatic heterocycles. The van der Waals surface area contributed by atoms with Crippen molar-refractivity contribution in [2.24, 2.45) is 0 Å². The van der Waals surface area contributed by atoms with Gasteiger partial charge in [-0.05, 0) is 22.3 Å². The summed E-state index contributed by atoms with van der Waals surface area (Å²) in [7, 11) is 0. The molecule has 0 N–H and O–H groups in total. The van der Waals surface area contributed by atoms with Gasteiger partial charge in [0.05, 0.1) is 0 Å². The van der Waals surface area contributed by atoms with Crippen LogP contribution in [0.25, 0.3) is 11.1 Å². The molecule has 0 heterocycles. The first kappa shape index (κ1) is 8.72. The molecule has 0 amide bonds. The first-order chi connectivity index (χ1) is 7.18. The van der Waals surface area contributed by atoms with E-state index in [4.69, 9.17) is 0 Å². The van der Waals surface area contributed by atoms with Crippen LogP contribution < -0.4 is 0 Å². The van der Waals surface area contributed by atoms with Gasteiger partial charge in [0, 0.05) is 5.41 Å². The quantitative estimate of drug-likeness (QED) is 0.594. The smallest absolute Gasteiger partial charge is 0.0147 e. The van der Waals surface area contributed by atoms with Crippen LogP contribution in [0.5, 0.6) is 0 Å². The third-order valence-electron chi connectivity index (χ3n) is 3.50. The van der Waals surface area contributed by atoms with E-state index in [0.717, 1.165) is 0 Å². The molecule has 0 unspecified atom stereocenters. The SMILES string of the molecule is CC1(C)c2cccc(c2)-c2cccc1c2. The second-order valence-corrected chi connectivity index (χ2v) is 4.79. The lowest BCUT2D eigenvalue weighted by Gasteiger charge is -2.24. The predicted molar refractivity (Wildman–Crippen MR) is 64.0 cm³/mol. The van der Waals surface area contributed by atoms with Crippen LogP contribution in [0.1, 0.15) is 25.0 Å². The zero-order valence-corrected chi connectivity index (χ0v) is 9.12. The van der Waals surface area contributed by atoms with Crippen LogP contribution in [-0.4, -0.2) is 0 Å². The van der Waals surface area contributed by atoms with Gasteiger partial charge in [0.2, 0.25) is 0 Å². The Labute approximate surface area is 90.6 Å². The molecular formula is C15H14. The Morgan fingerprint density at radius 1 is 0.733 bits per heavy atom. The van der Waals surface area contributed by atoms with Crippen LogP contribution in [0, 0.1) is 0 Å². The number of hydrogen-bond donors (Lipinski definition) is 0. The summed E-state index contributed by atoms with van der Waals surface area (Å²) < 4.78 is 0. The van der Waals surface area contributed by atoms with Gasteiger partial charge in [-0.3, -0.25) is 0 Å². The summed E-state index contributed by atoms with van der Waals surface area (Å²) in [4.78, 5) is 0. The molecule has 0 aromatic heterocycles. The zero-order chi connectivity index (χ0) is 10.5. The summed E-state index contributed by atoms with van der Waals surface area (Å²) in [5, 5.41) is 0. The maximum Gasteiger partial charge on any atom is 0.0147 e. The molecule has 1 aliphatic carbocycles. The normalized spacial score (nSPS) is 15.9. The van der Waals surface area contributed by atoms with Crippen molar-refractivity contribution in [1.29, 1.82) is 0 Å². The number of benzene rings is 2. The fourth-order valence-corrected chi connectivity index (χ4v) is 2.34. The van der Waals surface area contributed by atoms with E-state index in [0.29, 0.717) is 0 Å². The lowest BCUT2D eigenvalue weighted by molar-refractivity contribution is 0.643. The molecule has 0 heteroatoms. The molecule has 0 nitrogen and oxygen atoms in total. The largest absolute Gasteiger partial charge is 0.0613 e. The molecule has 74 valence electrons. The summed E-state index contributed by atoms with van der Waals surface area (Å²) in [5.41, 5.74) is 5.60. The Balaban J connectivity index is 2.43. The summed E-state index contributed by atoms with van der Waals surface area (Å²) in [5.74, 6) is 0. The van der Waals surface area contributed by atoms with E-state index in [1.54, 1.807) is 0 Å². The Hall–Kier alpha value is -1.56. The third-order valence-corrected chi connectivity index (χ3v) is 3.50. The molecule has 1 aliphatic rings. The Bertz CT molecular complexity index is 474. The molecule has 0 saturated heterocycles. The molecule has 0 radical (unpaired) electrons. The number of hydrogen-bond acceptors (Lipinski definition) is 0. The van der Waals surface area contributed by atoms with Gasteiger partial charge in [0.25, 0.3) is 0 Å². The monoisotopic (exact) mass is 194 g/mol. The van der Waals surface area contributed by atoms with Crippen LogP contribution in [0.2, 0.25) is 0 Å². The van der Waals surface area contributed by atoms with Crippen LogP contribution in [0.4, 0.5) is 0 Å². The summed E-state index contributed by atoms with van der Waals surface area (Å²) in [6.07, 6.45) is 0. The number of rotatable bonds is 0. The maximum atomic E-state index is 2.31. The van der Waals surface area contributed by atoms with E-state index < -0.39 is 0 Å². The fourth-order valence-electron chi connectivity index (χ4n) is 2.34. The molecule has 2 aromatic rings. The standard InChI is InChI=1S/C15H14/c1-15(2)13-7-3-5-11(9-13)12-6-4-8-14(15)10-12/h3-10H,1-2H3. The summed E-state index contributed by atoms with van der Waals surface area (Å²) in [6.45, 7) is 4.58. The maximum absolute atomic E-state index is 2.31. The zero-order valence-electron chi connectivity index (χ0n) is 9.12. The van der Waals surface area contributed by atoms with E-state index in [9.17, 15) is 0 Å². The highest BCUT2D eigenvalue weighted by atomic mass is 14.3. The lowest BCUT2D eigenvalue weighted by Crippen LogP contribution is -2.17. The van der Waals surface area contributed by atoms with E-state index in [-0.39, 0.29) is 5.41 Å². The molecule has 0 saturated carbocycles. The van der Waals surface area contributed by atoms with Crippen LogP contribution in [0.3, 0.4) is 0 Å². The highest BCUT2D eigenvalue weighted by molar-refractivity contribution is 5.68. The predicted octanol–water partition coefficient (Wildman–Crippen LogP) is 3.99. The van der Waals surface area contributed by atoms with Crippen LogP contribution in [-0.2, 0) is 5.41 Å². The average molecular weight is 194 g/mol. The van der Waals surface area contributed by atoms with Gasteiger partial charge in [-0.25, -0.2) is 0 Å². The Kier molecular flexibility index (Phi) is 1.59. The molecule has 3 rings (SSSR count). The average Bonchev–Trinajstić information content (AvgIpc) is 2.32. The van der Waals surface area contributed by atoms with Crippen molar-refractivity contribution in [3.05, 3.63) is 59.7 Å². The second kappa shape index (κ2) is 2.73. The minimum atomic E-state index is 0.127. The van der Waals surface area contributed by atoms with Gasteiger partial charge in [-0.2, -0.15) is 0 Å². The molecule has 0 fully saturated rings.